The number of carbonyl (C=O) groups excluding carboxylic acids is 3. The number of fused-ring (bicyclic) bond motifs is 1. The van der Waals surface area contributed by atoms with Gasteiger partial charge in [0.05, 0.1) is 31.8 Å². The predicted octanol–water partition coefficient (Wildman–Crippen LogP) is 1.31. The summed E-state index contributed by atoms with van der Waals surface area (Å²) < 4.78 is 0. The van der Waals surface area contributed by atoms with Gasteiger partial charge in [-0.1, -0.05) is 56.3 Å². The molecule has 152 valence electrons. The van der Waals surface area contributed by atoms with Gasteiger partial charge in [0.1, 0.15) is 12.1 Å². The number of carbonyl (C=O) groups is 3. The average molecular weight is 394 g/mol. The van der Waals surface area contributed by atoms with Gasteiger partial charge in [0.2, 0.25) is 5.91 Å². The quantitative estimate of drug-likeness (QED) is 0.696. The highest BCUT2D eigenvalue weighted by molar-refractivity contribution is 6.22. The van der Waals surface area contributed by atoms with Crippen molar-refractivity contribution in [3.63, 3.8) is 0 Å². The highest BCUT2D eigenvalue weighted by Crippen LogP contribution is 2.27. The van der Waals surface area contributed by atoms with Crippen LogP contribution in [0.3, 0.4) is 0 Å². The van der Waals surface area contributed by atoms with Gasteiger partial charge in [0.15, 0.2) is 0 Å². The fourth-order valence-corrected chi connectivity index (χ4v) is 3.83. The molecule has 0 radical (unpaired) electrons. The number of nitrogens with zero attached hydrogens (tertiary/aromatic N) is 1. The molecule has 0 aliphatic carbocycles. The van der Waals surface area contributed by atoms with Gasteiger partial charge in [0, 0.05) is 5.56 Å². The molecule has 0 bridgehead atoms. The summed E-state index contributed by atoms with van der Waals surface area (Å²) in [4.78, 5) is 41.1. The Hall–Kier alpha value is -2.99. The molecule has 3 rings (SSSR count). The Bertz CT molecular complexity index is 874. The Kier molecular flexibility index (Phi) is 6.13. The highest BCUT2D eigenvalue weighted by atomic mass is 16.2. The Morgan fingerprint density at radius 1 is 0.931 bits per heavy atom. The van der Waals surface area contributed by atoms with Crippen LogP contribution in [0.15, 0.2) is 54.6 Å². The Morgan fingerprint density at radius 3 is 1.93 bits per heavy atom. The maximum Gasteiger partial charge on any atom is 0.262 e. The number of amides is 3. The zero-order valence-corrected chi connectivity index (χ0v) is 17.3. The normalized spacial score (nSPS) is 15.6. The molecule has 2 N–H and O–H groups in total. The van der Waals surface area contributed by atoms with Crippen molar-refractivity contribution >= 4 is 17.7 Å². The van der Waals surface area contributed by atoms with Gasteiger partial charge in [-0.25, -0.2) is 0 Å². The minimum atomic E-state index is -0.851. The van der Waals surface area contributed by atoms with Crippen molar-refractivity contribution in [2.75, 3.05) is 20.6 Å². The summed E-state index contributed by atoms with van der Waals surface area (Å²) in [5.74, 6) is -1.33. The van der Waals surface area contributed by atoms with Crippen LogP contribution in [0.4, 0.5) is 0 Å². The smallest absolute Gasteiger partial charge is 0.262 e. The summed E-state index contributed by atoms with van der Waals surface area (Å²) >= 11 is 0. The van der Waals surface area contributed by atoms with Crippen molar-refractivity contribution in [3.8, 4) is 0 Å². The molecular formula is C23H28N3O3+. The predicted molar refractivity (Wildman–Crippen MR) is 111 cm³/mol. The molecule has 0 saturated heterocycles. The van der Waals surface area contributed by atoms with Gasteiger partial charge in [-0.05, 0) is 18.1 Å². The minimum Gasteiger partial charge on any atom is -0.348 e. The van der Waals surface area contributed by atoms with E-state index in [0.717, 1.165) is 10.5 Å². The topological polar surface area (TPSA) is 70.9 Å². The molecule has 29 heavy (non-hydrogen) atoms. The van der Waals surface area contributed by atoms with Crippen LogP contribution in [0, 0.1) is 5.92 Å². The van der Waals surface area contributed by atoms with Crippen molar-refractivity contribution in [1.29, 1.82) is 0 Å². The van der Waals surface area contributed by atoms with Crippen LogP contribution in [0.1, 0.15) is 46.2 Å². The summed E-state index contributed by atoms with van der Waals surface area (Å²) in [7, 11) is 4.07. The number of imide groups is 1. The molecule has 0 aromatic heterocycles. The summed E-state index contributed by atoms with van der Waals surface area (Å²) in [6, 6.07) is 15.9. The second-order valence-electron chi connectivity index (χ2n) is 8.00. The number of benzene rings is 2. The maximum atomic E-state index is 13.1. The van der Waals surface area contributed by atoms with Crippen molar-refractivity contribution in [1.82, 2.24) is 10.2 Å². The first kappa shape index (κ1) is 20.7. The molecule has 0 unspecified atom stereocenters. The zero-order valence-electron chi connectivity index (χ0n) is 17.3. The van der Waals surface area contributed by atoms with E-state index in [1.165, 1.54) is 4.90 Å². The van der Waals surface area contributed by atoms with Crippen molar-refractivity contribution < 1.29 is 19.3 Å². The van der Waals surface area contributed by atoms with Crippen LogP contribution < -0.4 is 10.2 Å². The third-order valence-corrected chi connectivity index (χ3v) is 5.38. The number of hydrogen-bond acceptors (Lipinski definition) is 3. The van der Waals surface area contributed by atoms with Crippen LogP contribution in [0.2, 0.25) is 0 Å². The lowest BCUT2D eigenvalue weighted by Crippen LogP contribution is -3.07. The molecule has 0 fully saturated rings. The summed E-state index contributed by atoms with van der Waals surface area (Å²) in [5.41, 5.74) is 1.83. The highest BCUT2D eigenvalue weighted by Gasteiger charge is 2.44. The molecule has 0 spiro atoms. The molecule has 1 aliphatic heterocycles. The van der Waals surface area contributed by atoms with Gasteiger partial charge in [-0.3, -0.25) is 19.3 Å². The number of likely N-dealkylation sites (N-methyl/N-ethyl adjacent to an activating group) is 1. The van der Waals surface area contributed by atoms with E-state index in [-0.39, 0.29) is 17.9 Å². The molecule has 6 heteroatoms. The van der Waals surface area contributed by atoms with Gasteiger partial charge < -0.3 is 10.2 Å². The third-order valence-electron chi connectivity index (χ3n) is 5.38. The molecule has 2 aromatic rings. The lowest BCUT2D eigenvalue weighted by Gasteiger charge is -2.29. The maximum absolute atomic E-state index is 13.1. The third kappa shape index (κ3) is 4.07. The van der Waals surface area contributed by atoms with E-state index < -0.39 is 17.9 Å². The molecule has 1 heterocycles. The Labute approximate surface area is 171 Å². The lowest BCUT2D eigenvalue weighted by atomic mass is 10.0. The number of quaternary nitrogens is 1. The molecule has 1 aliphatic rings. The van der Waals surface area contributed by atoms with Crippen LogP contribution in [-0.4, -0.2) is 49.3 Å². The standard InChI is InChI=1S/C23H27N3O3/c1-15(2)20(26-22(28)17-12-8-9-13-18(17)23(26)29)21(27)24-14-19(25(3)4)16-10-6-5-7-11-16/h5-13,15,19-20H,14H2,1-4H3,(H,24,27)/p+1/t19-,20-/m1/s1. The van der Waals surface area contributed by atoms with Crippen molar-refractivity contribution in [2.45, 2.75) is 25.9 Å². The summed E-state index contributed by atoms with van der Waals surface area (Å²) in [5, 5.41) is 2.98. The second kappa shape index (κ2) is 8.57. The summed E-state index contributed by atoms with van der Waals surface area (Å²) in [6.07, 6.45) is 0. The Balaban J connectivity index is 1.79. The monoisotopic (exact) mass is 394 g/mol. The largest absolute Gasteiger partial charge is 0.348 e. The number of nitrogens with one attached hydrogen (secondary N) is 2. The van der Waals surface area contributed by atoms with E-state index in [2.05, 4.69) is 5.32 Å². The van der Waals surface area contributed by atoms with Crippen LogP contribution in [0.25, 0.3) is 0 Å². The molecule has 6 nitrogen and oxygen atoms in total. The van der Waals surface area contributed by atoms with Crippen LogP contribution >= 0.6 is 0 Å². The minimum absolute atomic E-state index is 0.0649. The van der Waals surface area contributed by atoms with Gasteiger partial charge in [-0.15, -0.1) is 0 Å². The average Bonchev–Trinajstić information content (AvgIpc) is 2.94. The first-order valence-electron chi connectivity index (χ1n) is 9.92. The number of rotatable bonds is 7. The molecule has 0 saturated carbocycles. The van der Waals surface area contributed by atoms with E-state index >= 15 is 0 Å². The zero-order chi connectivity index (χ0) is 21.1. The lowest BCUT2D eigenvalue weighted by molar-refractivity contribution is -0.890. The fraction of sp³-hybridized carbons (Fsp3) is 0.348. The molecular weight excluding hydrogens is 366 g/mol. The Morgan fingerprint density at radius 2 is 1.45 bits per heavy atom. The fourth-order valence-electron chi connectivity index (χ4n) is 3.83. The molecule has 2 aromatic carbocycles. The van der Waals surface area contributed by atoms with E-state index in [1.54, 1.807) is 24.3 Å². The first-order valence-corrected chi connectivity index (χ1v) is 9.92. The van der Waals surface area contributed by atoms with E-state index in [9.17, 15) is 14.4 Å². The van der Waals surface area contributed by atoms with E-state index in [4.69, 9.17) is 0 Å². The SMILES string of the molecule is CC(C)[C@H](C(=O)NC[C@H](c1ccccc1)[NH+](C)C)N1C(=O)c2ccccc2C1=O. The molecule has 3 amide bonds. The second-order valence-corrected chi connectivity index (χ2v) is 8.00. The number of hydrogen-bond donors (Lipinski definition) is 2. The summed E-state index contributed by atoms with van der Waals surface area (Å²) in [6.45, 7) is 4.11. The van der Waals surface area contributed by atoms with E-state index in [1.807, 2.05) is 58.3 Å². The van der Waals surface area contributed by atoms with Gasteiger partial charge in [-0.2, -0.15) is 0 Å². The molecule has 2 atom stereocenters. The van der Waals surface area contributed by atoms with E-state index in [0.29, 0.717) is 17.7 Å². The van der Waals surface area contributed by atoms with Gasteiger partial charge >= 0.3 is 0 Å². The van der Waals surface area contributed by atoms with Crippen LogP contribution in [0.5, 0.6) is 0 Å². The van der Waals surface area contributed by atoms with Crippen molar-refractivity contribution in [3.05, 3.63) is 71.3 Å². The van der Waals surface area contributed by atoms with Crippen molar-refractivity contribution in [2.24, 2.45) is 5.92 Å². The van der Waals surface area contributed by atoms with Gasteiger partial charge in [0.25, 0.3) is 11.8 Å². The van der Waals surface area contributed by atoms with Crippen LogP contribution in [-0.2, 0) is 4.79 Å². The first-order chi connectivity index (χ1) is 13.8.